The molecule has 4 rings (SSSR count). The molecule has 33 heavy (non-hydrogen) atoms. The van der Waals surface area contributed by atoms with Crippen molar-refractivity contribution in [3.05, 3.63) is 102 Å². The predicted octanol–water partition coefficient (Wildman–Crippen LogP) is 4.77. The Bertz CT molecular complexity index is 1340. The van der Waals surface area contributed by atoms with Crippen LogP contribution in [0.2, 0.25) is 0 Å². The number of furan rings is 1. The van der Waals surface area contributed by atoms with Crippen LogP contribution in [0, 0.1) is 0 Å². The number of nitrogens with one attached hydrogen (secondary N) is 2. The Morgan fingerprint density at radius 2 is 1.64 bits per heavy atom. The van der Waals surface area contributed by atoms with E-state index in [4.69, 9.17) is 9.15 Å². The van der Waals surface area contributed by atoms with Crippen LogP contribution < -0.4 is 15.4 Å². The molecule has 0 saturated carbocycles. The normalized spacial score (nSPS) is 11.1. The number of ether oxygens (including phenoxy) is 1. The van der Waals surface area contributed by atoms with E-state index in [9.17, 15) is 14.4 Å². The summed E-state index contributed by atoms with van der Waals surface area (Å²) >= 11 is 0. The summed E-state index contributed by atoms with van der Waals surface area (Å²) in [7, 11) is 0. The molecule has 0 aliphatic heterocycles. The molecule has 2 N–H and O–H groups in total. The van der Waals surface area contributed by atoms with Crippen molar-refractivity contribution in [3.8, 4) is 5.75 Å². The number of amides is 2. The number of hydrogen-bond donors (Lipinski definition) is 2. The SMILES string of the molecule is CC(=O)Oc1ccc(/C=C(\NC(=O)c2ccco2)C(=O)Nc2ccc3ccccc3c2)cc1. The third-order valence-corrected chi connectivity index (χ3v) is 4.70. The molecule has 0 aliphatic rings. The van der Waals surface area contributed by atoms with E-state index in [1.807, 2.05) is 36.4 Å². The molecular weight excluding hydrogens is 420 g/mol. The van der Waals surface area contributed by atoms with Crippen LogP contribution in [0.4, 0.5) is 5.69 Å². The van der Waals surface area contributed by atoms with Gasteiger partial charge in [0.15, 0.2) is 5.76 Å². The van der Waals surface area contributed by atoms with E-state index >= 15 is 0 Å². The van der Waals surface area contributed by atoms with Crippen LogP contribution in [0.15, 0.2) is 95.2 Å². The number of carbonyl (C=O) groups excluding carboxylic acids is 3. The summed E-state index contributed by atoms with van der Waals surface area (Å²) in [5.74, 6) is -1.05. The van der Waals surface area contributed by atoms with E-state index in [0.717, 1.165) is 10.8 Å². The summed E-state index contributed by atoms with van der Waals surface area (Å²) in [6.07, 6.45) is 2.90. The minimum absolute atomic E-state index is 0.0183. The van der Waals surface area contributed by atoms with Crippen molar-refractivity contribution in [2.75, 3.05) is 5.32 Å². The number of rotatable bonds is 6. The number of anilines is 1. The molecule has 0 bridgehead atoms. The lowest BCUT2D eigenvalue weighted by Gasteiger charge is -2.11. The summed E-state index contributed by atoms with van der Waals surface area (Å²) in [6.45, 7) is 1.31. The third-order valence-electron chi connectivity index (χ3n) is 4.70. The molecule has 1 aromatic heterocycles. The molecular formula is C26H20N2O5. The highest BCUT2D eigenvalue weighted by atomic mass is 16.5. The Morgan fingerprint density at radius 3 is 2.33 bits per heavy atom. The van der Waals surface area contributed by atoms with Crippen molar-refractivity contribution in [2.45, 2.75) is 6.92 Å². The first-order valence-corrected chi connectivity index (χ1v) is 10.1. The zero-order valence-electron chi connectivity index (χ0n) is 17.7. The Labute approximate surface area is 189 Å². The highest BCUT2D eigenvalue weighted by Crippen LogP contribution is 2.20. The smallest absolute Gasteiger partial charge is 0.308 e. The fourth-order valence-corrected chi connectivity index (χ4v) is 3.18. The van der Waals surface area contributed by atoms with Gasteiger partial charge in [-0.05, 0) is 58.8 Å². The number of esters is 1. The van der Waals surface area contributed by atoms with Crippen LogP contribution in [0.25, 0.3) is 16.8 Å². The third kappa shape index (κ3) is 5.54. The maximum absolute atomic E-state index is 13.1. The van der Waals surface area contributed by atoms with Gasteiger partial charge in [-0.1, -0.05) is 42.5 Å². The van der Waals surface area contributed by atoms with Crippen LogP contribution in [0.3, 0.4) is 0 Å². The first-order chi connectivity index (χ1) is 16.0. The largest absolute Gasteiger partial charge is 0.459 e. The number of benzene rings is 3. The zero-order valence-corrected chi connectivity index (χ0v) is 17.7. The van der Waals surface area contributed by atoms with Gasteiger partial charge in [-0.2, -0.15) is 0 Å². The molecule has 4 aromatic rings. The molecule has 7 heteroatoms. The van der Waals surface area contributed by atoms with Gasteiger partial charge in [0.2, 0.25) is 0 Å². The summed E-state index contributed by atoms with van der Waals surface area (Å²) in [5.41, 5.74) is 1.22. The van der Waals surface area contributed by atoms with Crippen molar-refractivity contribution >= 4 is 40.3 Å². The molecule has 0 radical (unpaired) electrons. The molecule has 1 heterocycles. The molecule has 0 spiro atoms. The van der Waals surface area contributed by atoms with E-state index in [2.05, 4.69) is 10.6 Å². The second kappa shape index (κ2) is 9.65. The quantitative estimate of drug-likeness (QED) is 0.256. The average molecular weight is 440 g/mol. The lowest BCUT2D eigenvalue weighted by molar-refractivity contribution is -0.131. The number of carbonyl (C=O) groups is 3. The molecule has 0 aliphatic carbocycles. The summed E-state index contributed by atoms with van der Waals surface area (Å²) in [5, 5.41) is 7.44. The van der Waals surface area contributed by atoms with Gasteiger partial charge in [0.1, 0.15) is 11.4 Å². The number of fused-ring (bicyclic) bond motifs is 1. The van der Waals surface area contributed by atoms with Gasteiger partial charge in [-0.3, -0.25) is 14.4 Å². The first-order valence-electron chi connectivity index (χ1n) is 10.1. The van der Waals surface area contributed by atoms with Gasteiger partial charge in [0.05, 0.1) is 6.26 Å². The lowest BCUT2D eigenvalue weighted by atomic mass is 10.1. The Balaban J connectivity index is 1.60. The van der Waals surface area contributed by atoms with Crippen molar-refractivity contribution < 1.29 is 23.5 Å². The monoisotopic (exact) mass is 440 g/mol. The molecule has 7 nitrogen and oxygen atoms in total. The van der Waals surface area contributed by atoms with Crippen LogP contribution in [-0.4, -0.2) is 17.8 Å². The lowest BCUT2D eigenvalue weighted by Crippen LogP contribution is -2.30. The molecule has 0 atom stereocenters. The van der Waals surface area contributed by atoms with Crippen LogP contribution in [-0.2, 0) is 9.59 Å². The molecule has 164 valence electrons. The van der Waals surface area contributed by atoms with Crippen molar-refractivity contribution in [3.63, 3.8) is 0 Å². The van der Waals surface area contributed by atoms with Crippen molar-refractivity contribution in [1.29, 1.82) is 0 Å². The Hall–Kier alpha value is -4.65. The van der Waals surface area contributed by atoms with Gasteiger partial charge >= 0.3 is 5.97 Å². The molecule has 3 aromatic carbocycles. The topological polar surface area (TPSA) is 97.6 Å². The highest BCUT2D eigenvalue weighted by Gasteiger charge is 2.17. The average Bonchev–Trinajstić information content (AvgIpc) is 3.34. The van der Waals surface area contributed by atoms with Crippen LogP contribution in [0.1, 0.15) is 23.0 Å². The first kappa shape index (κ1) is 21.6. The molecule has 2 amide bonds. The maximum atomic E-state index is 13.1. The molecule has 0 saturated heterocycles. The van der Waals surface area contributed by atoms with E-state index in [-0.39, 0.29) is 11.5 Å². The molecule has 0 fully saturated rings. The fraction of sp³-hybridized carbons (Fsp3) is 0.0385. The van der Waals surface area contributed by atoms with E-state index < -0.39 is 17.8 Å². The Morgan fingerprint density at radius 1 is 0.879 bits per heavy atom. The van der Waals surface area contributed by atoms with Crippen LogP contribution >= 0.6 is 0 Å². The van der Waals surface area contributed by atoms with Gasteiger partial charge in [0.25, 0.3) is 11.8 Å². The second-order valence-electron chi connectivity index (χ2n) is 7.17. The minimum Gasteiger partial charge on any atom is -0.459 e. The van der Waals surface area contributed by atoms with Crippen molar-refractivity contribution in [1.82, 2.24) is 5.32 Å². The second-order valence-corrected chi connectivity index (χ2v) is 7.17. The van der Waals surface area contributed by atoms with Crippen LogP contribution in [0.5, 0.6) is 5.75 Å². The van der Waals surface area contributed by atoms with E-state index in [1.54, 1.807) is 36.4 Å². The van der Waals surface area contributed by atoms with E-state index in [1.165, 1.54) is 25.3 Å². The Kier molecular flexibility index (Phi) is 6.31. The maximum Gasteiger partial charge on any atom is 0.308 e. The zero-order chi connectivity index (χ0) is 23.2. The summed E-state index contributed by atoms with van der Waals surface area (Å²) < 4.78 is 10.2. The summed E-state index contributed by atoms with van der Waals surface area (Å²) in [4.78, 5) is 36.7. The standard InChI is InChI=1S/C26H20N2O5/c1-17(29)33-22-12-8-18(9-13-22)15-23(28-26(31)24-7-4-14-32-24)25(30)27-21-11-10-19-5-2-3-6-20(19)16-21/h2-16H,1H3,(H,27,30)(H,28,31)/b23-15-. The molecule has 0 unspecified atom stereocenters. The van der Waals surface area contributed by atoms with Gasteiger partial charge in [0, 0.05) is 12.6 Å². The highest BCUT2D eigenvalue weighted by molar-refractivity contribution is 6.10. The van der Waals surface area contributed by atoms with Gasteiger partial charge in [-0.15, -0.1) is 0 Å². The predicted molar refractivity (Wildman–Crippen MR) is 124 cm³/mol. The number of hydrogen-bond acceptors (Lipinski definition) is 5. The van der Waals surface area contributed by atoms with E-state index in [0.29, 0.717) is 17.0 Å². The van der Waals surface area contributed by atoms with Gasteiger partial charge < -0.3 is 19.8 Å². The van der Waals surface area contributed by atoms with Crippen molar-refractivity contribution in [2.24, 2.45) is 0 Å². The fourth-order valence-electron chi connectivity index (χ4n) is 3.18. The van der Waals surface area contributed by atoms with Gasteiger partial charge in [-0.25, -0.2) is 0 Å². The minimum atomic E-state index is -0.559. The summed E-state index contributed by atoms with van der Waals surface area (Å²) in [6, 6.07) is 23.0.